The van der Waals surface area contributed by atoms with Crippen LogP contribution >= 0.6 is 0 Å². The molecule has 1 aromatic carbocycles. The van der Waals surface area contributed by atoms with Crippen molar-refractivity contribution in [2.45, 2.75) is 70.6 Å². The van der Waals surface area contributed by atoms with E-state index in [-0.39, 0.29) is 6.67 Å². The van der Waals surface area contributed by atoms with Crippen LogP contribution in [0.15, 0.2) is 36.4 Å². The van der Waals surface area contributed by atoms with E-state index >= 15 is 0 Å². The monoisotopic (exact) mass is 358 g/mol. The Balaban J connectivity index is 1.42. The Labute approximate surface area is 159 Å². The van der Waals surface area contributed by atoms with E-state index < -0.39 is 0 Å². The zero-order valence-corrected chi connectivity index (χ0v) is 16.3. The number of ether oxygens (including phenoxy) is 1. The molecule has 0 aromatic heterocycles. The Kier molecular flexibility index (Phi) is 7.58. The molecule has 2 heteroatoms. The maximum atomic E-state index is 12.2. The summed E-state index contributed by atoms with van der Waals surface area (Å²) in [6.07, 6.45) is 15.8. The predicted octanol–water partition coefficient (Wildman–Crippen LogP) is 7.08. The van der Waals surface area contributed by atoms with Gasteiger partial charge in [0, 0.05) is 0 Å². The standard InChI is InChI=1S/C24H35FO/c1-2-26-24-16-14-23(15-17-24)22-12-10-21(11-13-22)20-8-6-19(7-9-20)5-3-4-18-25/h3,5,14-17,19-22H,2,4,6-13,18H2,1H3/b5-3+. The van der Waals surface area contributed by atoms with Crippen molar-refractivity contribution in [1.29, 1.82) is 0 Å². The summed E-state index contributed by atoms with van der Waals surface area (Å²) in [6.45, 7) is 2.55. The number of benzene rings is 1. The molecule has 0 unspecified atom stereocenters. The van der Waals surface area contributed by atoms with Gasteiger partial charge in [-0.3, -0.25) is 4.39 Å². The lowest BCUT2D eigenvalue weighted by atomic mass is 9.68. The number of allylic oxidation sites excluding steroid dienone is 2. The van der Waals surface area contributed by atoms with E-state index in [4.69, 9.17) is 4.74 Å². The Hall–Kier alpha value is -1.31. The summed E-state index contributed by atoms with van der Waals surface area (Å²) in [5.74, 6) is 4.30. The van der Waals surface area contributed by atoms with Gasteiger partial charge in [0.2, 0.25) is 0 Å². The molecule has 0 radical (unpaired) electrons. The third-order valence-corrected chi connectivity index (χ3v) is 6.60. The van der Waals surface area contributed by atoms with Gasteiger partial charge in [0.25, 0.3) is 0 Å². The summed E-state index contributed by atoms with van der Waals surface area (Å²) in [6, 6.07) is 8.79. The van der Waals surface area contributed by atoms with Crippen LogP contribution in [0.3, 0.4) is 0 Å². The molecule has 0 amide bonds. The molecule has 0 aliphatic heterocycles. The highest BCUT2D eigenvalue weighted by Gasteiger charge is 2.30. The lowest BCUT2D eigenvalue weighted by Crippen LogP contribution is -2.25. The SMILES string of the molecule is CCOc1ccc(C2CCC(C3CCC(/C=C/CCF)CC3)CC2)cc1. The molecule has 0 bridgehead atoms. The van der Waals surface area contributed by atoms with Crippen molar-refractivity contribution in [3.05, 3.63) is 42.0 Å². The van der Waals surface area contributed by atoms with Crippen LogP contribution in [-0.2, 0) is 0 Å². The first kappa shape index (κ1) is 19.5. The van der Waals surface area contributed by atoms with Crippen molar-refractivity contribution in [1.82, 2.24) is 0 Å². The fourth-order valence-electron chi connectivity index (χ4n) is 5.09. The average molecular weight is 359 g/mol. The smallest absolute Gasteiger partial charge is 0.119 e. The first-order valence-electron chi connectivity index (χ1n) is 10.8. The van der Waals surface area contributed by atoms with Crippen LogP contribution in [0.5, 0.6) is 5.75 Å². The molecular weight excluding hydrogens is 323 g/mol. The number of halogens is 1. The van der Waals surface area contributed by atoms with Gasteiger partial charge in [0.05, 0.1) is 13.3 Å². The van der Waals surface area contributed by atoms with Crippen LogP contribution in [0.25, 0.3) is 0 Å². The molecule has 0 atom stereocenters. The summed E-state index contributed by atoms with van der Waals surface area (Å²) in [7, 11) is 0. The van der Waals surface area contributed by atoms with Crippen LogP contribution in [-0.4, -0.2) is 13.3 Å². The number of hydrogen-bond donors (Lipinski definition) is 0. The topological polar surface area (TPSA) is 9.23 Å². The van der Waals surface area contributed by atoms with E-state index in [1.165, 1.54) is 56.9 Å². The summed E-state index contributed by atoms with van der Waals surface area (Å²) in [5.41, 5.74) is 1.49. The van der Waals surface area contributed by atoms with Gasteiger partial charge >= 0.3 is 0 Å². The number of hydrogen-bond acceptors (Lipinski definition) is 1. The maximum absolute atomic E-state index is 12.2. The number of alkyl halides is 1. The second-order valence-corrected chi connectivity index (χ2v) is 8.19. The molecule has 0 spiro atoms. The maximum Gasteiger partial charge on any atom is 0.119 e. The second-order valence-electron chi connectivity index (χ2n) is 8.19. The van der Waals surface area contributed by atoms with E-state index in [0.717, 1.165) is 30.1 Å². The second kappa shape index (κ2) is 10.1. The van der Waals surface area contributed by atoms with E-state index in [1.54, 1.807) is 0 Å². The van der Waals surface area contributed by atoms with Crippen LogP contribution in [0.2, 0.25) is 0 Å². The summed E-state index contributed by atoms with van der Waals surface area (Å²) < 4.78 is 17.8. The van der Waals surface area contributed by atoms with Crippen LogP contribution in [0.4, 0.5) is 4.39 Å². The van der Waals surface area contributed by atoms with Gasteiger partial charge in [-0.05, 0) is 106 Å². The third kappa shape index (κ3) is 5.34. The normalized spacial score (nSPS) is 29.8. The number of rotatable bonds is 7. The van der Waals surface area contributed by atoms with E-state index in [2.05, 4.69) is 30.3 Å². The third-order valence-electron chi connectivity index (χ3n) is 6.60. The molecule has 2 aliphatic carbocycles. The van der Waals surface area contributed by atoms with Crippen LogP contribution in [0, 0.1) is 17.8 Å². The molecule has 2 saturated carbocycles. The van der Waals surface area contributed by atoms with Crippen molar-refractivity contribution in [3.8, 4) is 5.75 Å². The first-order chi connectivity index (χ1) is 12.8. The van der Waals surface area contributed by atoms with Crippen molar-refractivity contribution < 1.29 is 9.13 Å². The Morgan fingerprint density at radius 3 is 2.12 bits per heavy atom. The molecule has 0 heterocycles. The van der Waals surface area contributed by atoms with Crippen molar-refractivity contribution in [3.63, 3.8) is 0 Å². The van der Waals surface area contributed by atoms with Crippen molar-refractivity contribution in [2.75, 3.05) is 13.3 Å². The summed E-state index contributed by atoms with van der Waals surface area (Å²) in [5, 5.41) is 0. The fraction of sp³-hybridized carbons (Fsp3) is 0.667. The molecule has 0 N–H and O–H groups in total. The van der Waals surface area contributed by atoms with Crippen molar-refractivity contribution in [2.24, 2.45) is 17.8 Å². The average Bonchev–Trinajstić information content (AvgIpc) is 2.70. The van der Waals surface area contributed by atoms with Gasteiger partial charge in [0.1, 0.15) is 5.75 Å². The van der Waals surface area contributed by atoms with Crippen LogP contribution < -0.4 is 4.74 Å². The fourth-order valence-corrected chi connectivity index (χ4v) is 5.09. The molecule has 3 rings (SSSR count). The molecule has 1 aromatic rings. The molecular formula is C24H35FO. The highest BCUT2D eigenvalue weighted by molar-refractivity contribution is 5.29. The zero-order chi connectivity index (χ0) is 18.2. The molecule has 144 valence electrons. The lowest BCUT2D eigenvalue weighted by Gasteiger charge is -2.37. The molecule has 0 saturated heterocycles. The van der Waals surface area contributed by atoms with E-state index in [0.29, 0.717) is 12.3 Å². The quantitative estimate of drug-likeness (QED) is 0.473. The summed E-state index contributed by atoms with van der Waals surface area (Å²) >= 11 is 0. The molecule has 26 heavy (non-hydrogen) atoms. The molecule has 1 nitrogen and oxygen atoms in total. The molecule has 2 fully saturated rings. The Morgan fingerprint density at radius 1 is 0.923 bits per heavy atom. The Bertz CT molecular complexity index is 534. The van der Waals surface area contributed by atoms with Gasteiger partial charge in [-0.1, -0.05) is 24.3 Å². The minimum atomic E-state index is -0.219. The first-order valence-corrected chi connectivity index (χ1v) is 10.8. The highest BCUT2D eigenvalue weighted by atomic mass is 19.1. The van der Waals surface area contributed by atoms with E-state index in [9.17, 15) is 4.39 Å². The van der Waals surface area contributed by atoms with Gasteiger partial charge < -0.3 is 4.74 Å². The van der Waals surface area contributed by atoms with Crippen molar-refractivity contribution >= 4 is 0 Å². The Morgan fingerprint density at radius 2 is 1.54 bits per heavy atom. The van der Waals surface area contributed by atoms with Gasteiger partial charge in [-0.25, -0.2) is 0 Å². The summed E-state index contributed by atoms with van der Waals surface area (Å²) in [4.78, 5) is 0. The van der Waals surface area contributed by atoms with Crippen LogP contribution in [0.1, 0.15) is 76.2 Å². The lowest BCUT2D eigenvalue weighted by molar-refractivity contribution is 0.171. The highest BCUT2D eigenvalue weighted by Crippen LogP contribution is 2.44. The minimum Gasteiger partial charge on any atom is -0.494 e. The van der Waals surface area contributed by atoms with Gasteiger partial charge in [-0.15, -0.1) is 0 Å². The molecule has 2 aliphatic rings. The van der Waals surface area contributed by atoms with E-state index in [1.807, 2.05) is 13.0 Å². The predicted molar refractivity (Wildman–Crippen MR) is 107 cm³/mol. The zero-order valence-electron chi connectivity index (χ0n) is 16.3. The largest absolute Gasteiger partial charge is 0.494 e. The van der Waals surface area contributed by atoms with Gasteiger partial charge in [-0.2, -0.15) is 0 Å². The minimum absolute atomic E-state index is 0.219. The van der Waals surface area contributed by atoms with Gasteiger partial charge in [0.15, 0.2) is 0 Å².